The highest BCUT2D eigenvalue weighted by atomic mass is 79.9. The molecule has 15 heavy (non-hydrogen) atoms. The molecule has 0 N–H and O–H groups in total. The summed E-state index contributed by atoms with van der Waals surface area (Å²) in [4.78, 5) is 16.5. The molecule has 0 amide bonds. The third-order valence-electron chi connectivity index (χ3n) is 1.97. The zero-order valence-electron chi connectivity index (χ0n) is 8.11. The number of hydrogen-bond donors (Lipinski definition) is 0. The van der Waals surface area contributed by atoms with Crippen molar-refractivity contribution in [3.05, 3.63) is 49.2 Å². The summed E-state index contributed by atoms with van der Waals surface area (Å²) in [5.41, 5.74) is 0.558. The molecule has 3 nitrogen and oxygen atoms in total. The van der Waals surface area contributed by atoms with Crippen LogP contribution in [-0.2, 0) is 6.54 Å². The fourth-order valence-electron chi connectivity index (χ4n) is 1.24. The van der Waals surface area contributed by atoms with Crippen LogP contribution in [0.3, 0.4) is 0 Å². The average molecular weight is 285 g/mol. The van der Waals surface area contributed by atoms with Gasteiger partial charge in [0.2, 0.25) is 0 Å². The van der Waals surface area contributed by atoms with Gasteiger partial charge in [-0.15, -0.1) is 11.3 Å². The van der Waals surface area contributed by atoms with E-state index in [4.69, 9.17) is 0 Å². The Balaban J connectivity index is 2.28. The summed E-state index contributed by atoms with van der Waals surface area (Å²) in [6.45, 7) is 2.40. The predicted molar refractivity (Wildman–Crippen MR) is 64.4 cm³/mol. The molecule has 5 heteroatoms. The van der Waals surface area contributed by atoms with E-state index >= 15 is 0 Å². The number of hydrogen-bond acceptors (Lipinski definition) is 3. The lowest BCUT2D eigenvalue weighted by Gasteiger charge is -2.02. The fraction of sp³-hybridized carbons (Fsp3) is 0.200. The predicted octanol–water partition coefficient (Wildman–Crippen LogP) is 2.42. The summed E-state index contributed by atoms with van der Waals surface area (Å²) >= 11 is 5.02. The molecule has 0 bridgehead atoms. The third-order valence-corrected chi connectivity index (χ3v) is 3.58. The zero-order chi connectivity index (χ0) is 10.8. The molecule has 2 aromatic heterocycles. The Morgan fingerprint density at radius 1 is 1.47 bits per heavy atom. The second-order valence-corrected chi connectivity index (χ2v) is 5.73. The molecule has 0 saturated heterocycles. The van der Waals surface area contributed by atoms with Gasteiger partial charge in [-0.2, -0.15) is 4.98 Å². The SMILES string of the molecule is Cc1ccn(Cc2ccc(Br)s2)c(=O)n1. The minimum Gasteiger partial charge on any atom is -0.294 e. The van der Waals surface area contributed by atoms with Crippen LogP contribution in [0.2, 0.25) is 0 Å². The molecule has 0 aliphatic rings. The second-order valence-electron chi connectivity index (χ2n) is 3.19. The maximum atomic E-state index is 11.5. The standard InChI is InChI=1S/C10H9BrN2OS/c1-7-4-5-13(10(14)12-7)6-8-2-3-9(11)15-8/h2-5H,6H2,1H3. The van der Waals surface area contributed by atoms with Crippen LogP contribution in [0.1, 0.15) is 10.6 Å². The Morgan fingerprint density at radius 3 is 2.87 bits per heavy atom. The van der Waals surface area contributed by atoms with Gasteiger partial charge in [-0.25, -0.2) is 4.79 Å². The number of halogens is 1. The Hall–Kier alpha value is -0.940. The van der Waals surface area contributed by atoms with E-state index in [1.165, 1.54) is 0 Å². The number of aryl methyl sites for hydroxylation is 1. The second kappa shape index (κ2) is 4.28. The molecule has 2 aromatic rings. The fourth-order valence-corrected chi connectivity index (χ4v) is 2.72. The summed E-state index contributed by atoms with van der Waals surface area (Å²) < 4.78 is 2.68. The first-order valence-corrected chi connectivity index (χ1v) is 6.04. The van der Waals surface area contributed by atoms with Crippen molar-refractivity contribution in [1.82, 2.24) is 9.55 Å². The van der Waals surface area contributed by atoms with Crippen molar-refractivity contribution in [2.24, 2.45) is 0 Å². The summed E-state index contributed by atoms with van der Waals surface area (Å²) in [6, 6.07) is 5.82. The Morgan fingerprint density at radius 2 is 2.27 bits per heavy atom. The van der Waals surface area contributed by atoms with Crippen LogP contribution in [0, 0.1) is 6.92 Å². The van der Waals surface area contributed by atoms with Gasteiger partial charge in [-0.05, 0) is 41.1 Å². The summed E-state index contributed by atoms with van der Waals surface area (Å²) in [6.07, 6.45) is 1.78. The normalized spacial score (nSPS) is 10.5. The third kappa shape index (κ3) is 2.54. The molecule has 0 aliphatic heterocycles. The van der Waals surface area contributed by atoms with Crippen LogP contribution < -0.4 is 5.69 Å². The van der Waals surface area contributed by atoms with Gasteiger partial charge in [0.1, 0.15) is 0 Å². The number of thiophene rings is 1. The van der Waals surface area contributed by atoms with E-state index in [0.29, 0.717) is 6.54 Å². The van der Waals surface area contributed by atoms with Crippen molar-refractivity contribution in [3.63, 3.8) is 0 Å². The Labute approximate surface area is 99.5 Å². The summed E-state index contributed by atoms with van der Waals surface area (Å²) in [5, 5.41) is 0. The zero-order valence-corrected chi connectivity index (χ0v) is 10.5. The van der Waals surface area contributed by atoms with Crippen LogP contribution in [0.4, 0.5) is 0 Å². The van der Waals surface area contributed by atoms with Gasteiger partial charge in [-0.1, -0.05) is 0 Å². The molecule has 0 atom stereocenters. The van der Waals surface area contributed by atoms with E-state index in [1.54, 1.807) is 22.1 Å². The summed E-state index contributed by atoms with van der Waals surface area (Å²) in [5.74, 6) is 0. The van der Waals surface area contributed by atoms with Gasteiger partial charge in [0, 0.05) is 16.8 Å². The highest BCUT2D eigenvalue weighted by molar-refractivity contribution is 9.11. The largest absolute Gasteiger partial charge is 0.348 e. The van der Waals surface area contributed by atoms with Crippen molar-refractivity contribution < 1.29 is 0 Å². The molecule has 0 aliphatic carbocycles. The Kier molecular flexibility index (Phi) is 3.02. The topological polar surface area (TPSA) is 34.9 Å². The lowest BCUT2D eigenvalue weighted by atomic mass is 10.4. The first-order valence-electron chi connectivity index (χ1n) is 4.43. The quantitative estimate of drug-likeness (QED) is 0.849. The lowest BCUT2D eigenvalue weighted by molar-refractivity contribution is 0.729. The van der Waals surface area contributed by atoms with Gasteiger partial charge in [-0.3, -0.25) is 4.57 Å². The van der Waals surface area contributed by atoms with Gasteiger partial charge in [0.05, 0.1) is 10.3 Å². The molecular formula is C10H9BrN2OS. The highest BCUT2D eigenvalue weighted by Crippen LogP contribution is 2.22. The number of aromatic nitrogens is 2. The van der Waals surface area contributed by atoms with Crippen molar-refractivity contribution in [2.45, 2.75) is 13.5 Å². The van der Waals surface area contributed by atoms with E-state index in [2.05, 4.69) is 20.9 Å². The molecule has 0 unspecified atom stereocenters. The smallest absolute Gasteiger partial charge is 0.294 e. The van der Waals surface area contributed by atoms with E-state index in [1.807, 2.05) is 25.1 Å². The Bertz CT molecular complexity index is 532. The molecule has 2 heterocycles. The van der Waals surface area contributed by atoms with Crippen LogP contribution >= 0.6 is 27.3 Å². The molecule has 78 valence electrons. The average Bonchev–Trinajstić information content (AvgIpc) is 2.56. The van der Waals surface area contributed by atoms with Crippen molar-refractivity contribution in [1.29, 1.82) is 0 Å². The van der Waals surface area contributed by atoms with Crippen LogP contribution in [-0.4, -0.2) is 9.55 Å². The van der Waals surface area contributed by atoms with Crippen LogP contribution in [0.25, 0.3) is 0 Å². The molecule has 0 saturated carbocycles. The van der Waals surface area contributed by atoms with Gasteiger partial charge >= 0.3 is 5.69 Å². The van der Waals surface area contributed by atoms with E-state index in [-0.39, 0.29) is 5.69 Å². The van der Waals surface area contributed by atoms with Crippen molar-refractivity contribution in [3.8, 4) is 0 Å². The maximum absolute atomic E-state index is 11.5. The molecular weight excluding hydrogens is 276 g/mol. The number of nitrogens with zero attached hydrogens (tertiary/aromatic N) is 2. The van der Waals surface area contributed by atoms with Crippen LogP contribution in [0.15, 0.2) is 33.0 Å². The minimum absolute atomic E-state index is 0.195. The molecule has 0 fully saturated rings. The van der Waals surface area contributed by atoms with E-state index in [0.717, 1.165) is 14.4 Å². The highest BCUT2D eigenvalue weighted by Gasteiger charge is 2.01. The van der Waals surface area contributed by atoms with E-state index < -0.39 is 0 Å². The maximum Gasteiger partial charge on any atom is 0.348 e. The lowest BCUT2D eigenvalue weighted by Crippen LogP contribution is -2.22. The minimum atomic E-state index is -0.195. The molecule has 0 radical (unpaired) electrons. The molecule has 0 aromatic carbocycles. The van der Waals surface area contributed by atoms with E-state index in [9.17, 15) is 4.79 Å². The molecule has 2 rings (SSSR count). The first-order chi connectivity index (χ1) is 7.15. The van der Waals surface area contributed by atoms with Gasteiger partial charge in [0.25, 0.3) is 0 Å². The van der Waals surface area contributed by atoms with Gasteiger partial charge in [0.15, 0.2) is 0 Å². The molecule has 0 spiro atoms. The van der Waals surface area contributed by atoms with Crippen molar-refractivity contribution in [2.75, 3.05) is 0 Å². The van der Waals surface area contributed by atoms with Crippen LogP contribution in [0.5, 0.6) is 0 Å². The number of rotatable bonds is 2. The summed E-state index contributed by atoms with van der Waals surface area (Å²) in [7, 11) is 0. The van der Waals surface area contributed by atoms with Gasteiger partial charge < -0.3 is 0 Å². The van der Waals surface area contributed by atoms with Crippen molar-refractivity contribution >= 4 is 27.3 Å². The monoisotopic (exact) mass is 284 g/mol. The first kappa shape index (κ1) is 10.6.